The van der Waals surface area contributed by atoms with Crippen molar-refractivity contribution >= 4 is 22.8 Å². The summed E-state index contributed by atoms with van der Waals surface area (Å²) in [5, 5.41) is 3.14. The van der Waals surface area contributed by atoms with Crippen LogP contribution in [0.1, 0.15) is 35.1 Å². The van der Waals surface area contributed by atoms with Crippen molar-refractivity contribution in [1.82, 2.24) is 15.3 Å². The number of carbonyl (C=O) groups is 1. The van der Waals surface area contributed by atoms with Crippen molar-refractivity contribution in [3.05, 3.63) is 103 Å². The number of aromatic amines is 1. The van der Waals surface area contributed by atoms with Crippen LogP contribution in [0.4, 0.5) is 0 Å². The highest BCUT2D eigenvalue weighted by Gasteiger charge is 2.19. The Morgan fingerprint density at radius 3 is 2.45 bits per heavy atom. The molecule has 0 aliphatic rings. The second kappa shape index (κ2) is 10.4. The summed E-state index contributed by atoms with van der Waals surface area (Å²) < 4.78 is 0. The fraction of sp³-hybridized carbons (Fsp3) is 0.148. The largest absolute Gasteiger partial charge is 0.384 e. The van der Waals surface area contributed by atoms with Gasteiger partial charge in [0.25, 0.3) is 5.91 Å². The molecule has 0 spiro atoms. The molecule has 0 fully saturated rings. The highest BCUT2D eigenvalue weighted by Crippen LogP contribution is 2.22. The van der Waals surface area contributed by atoms with Crippen molar-refractivity contribution in [3.8, 4) is 11.1 Å². The molecule has 3 aromatic carbocycles. The number of hydrogen-bond donors (Lipinski definition) is 3. The van der Waals surface area contributed by atoms with E-state index >= 15 is 0 Å². The van der Waals surface area contributed by atoms with Crippen molar-refractivity contribution in [1.29, 1.82) is 0 Å². The third-order valence-corrected chi connectivity index (χ3v) is 5.45. The van der Waals surface area contributed by atoms with Gasteiger partial charge in [0.2, 0.25) is 0 Å². The van der Waals surface area contributed by atoms with E-state index in [4.69, 9.17) is 10.7 Å². The molecule has 4 rings (SSSR count). The molecular weight excluding hydrogens is 410 g/mol. The Hall–Kier alpha value is -4.19. The number of amidine groups is 1. The van der Waals surface area contributed by atoms with Crippen molar-refractivity contribution in [2.45, 2.75) is 18.9 Å². The van der Waals surface area contributed by atoms with Gasteiger partial charge >= 0.3 is 0 Å². The zero-order valence-corrected chi connectivity index (χ0v) is 18.4. The number of carbonyl (C=O) groups excluding carboxylic acids is 1. The molecule has 1 aromatic heterocycles. The molecule has 6 heteroatoms. The summed E-state index contributed by atoms with van der Waals surface area (Å²) in [6.07, 6.45) is 2.93. The molecule has 6 nitrogen and oxygen atoms in total. The smallest absolute Gasteiger partial charge is 0.251 e. The summed E-state index contributed by atoms with van der Waals surface area (Å²) in [7, 11) is 0. The average Bonchev–Trinajstić information content (AvgIpc) is 3.30. The summed E-state index contributed by atoms with van der Waals surface area (Å²) >= 11 is 0. The molecule has 0 radical (unpaired) electrons. The Labute approximate surface area is 193 Å². The summed E-state index contributed by atoms with van der Waals surface area (Å²) in [4.78, 5) is 25.4. The predicted octanol–water partition coefficient (Wildman–Crippen LogP) is 5.02. The van der Waals surface area contributed by atoms with E-state index in [0.29, 0.717) is 24.4 Å². The number of amides is 1. The summed E-state index contributed by atoms with van der Waals surface area (Å²) in [5.41, 5.74) is 10.3. The van der Waals surface area contributed by atoms with Gasteiger partial charge in [0.05, 0.1) is 17.1 Å². The van der Waals surface area contributed by atoms with Gasteiger partial charge in [-0.1, -0.05) is 61.2 Å². The number of fused-ring (bicyclic) bond motifs is 1. The van der Waals surface area contributed by atoms with Gasteiger partial charge in [0.15, 0.2) is 0 Å². The number of aliphatic imine (C=N–C) groups is 1. The molecule has 0 saturated heterocycles. The Kier molecular flexibility index (Phi) is 6.95. The zero-order valence-electron chi connectivity index (χ0n) is 18.4. The van der Waals surface area contributed by atoms with Gasteiger partial charge in [-0.05, 0) is 54.3 Å². The van der Waals surface area contributed by atoms with Crippen molar-refractivity contribution < 1.29 is 4.79 Å². The first-order chi connectivity index (χ1) is 16.1. The maximum atomic E-state index is 13.1. The van der Waals surface area contributed by atoms with E-state index in [2.05, 4.69) is 21.9 Å². The number of nitrogens with one attached hydrogen (secondary N) is 2. The van der Waals surface area contributed by atoms with Crippen molar-refractivity contribution in [2.75, 3.05) is 6.54 Å². The van der Waals surface area contributed by atoms with Crippen LogP contribution < -0.4 is 11.1 Å². The third kappa shape index (κ3) is 5.54. The maximum absolute atomic E-state index is 13.1. The average molecular weight is 438 g/mol. The first-order valence-corrected chi connectivity index (χ1v) is 11.0. The number of nitrogens with two attached hydrogens (primary N) is 1. The Bertz CT molecular complexity index is 1230. The van der Waals surface area contributed by atoms with Crippen LogP contribution in [-0.2, 0) is 0 Å². The van der Waals surface area contributed by atoms with E-state index in [9.17, 15) is 4.79 Å². The number of para-hydroxylation sites is 2. The highest BCUT2D eigenvalue weighted by atomic mass is 16.1. The van der Waals surface area contributed by atoms with E-state index in [1.807, 2.05) is 78.9 Å². The number of nitrogens with zero attached hydrogens (tertiary/aromatic N) is 2. The lowest BCUT2D eigenvalue weighted by atomic mass is 10.0. The number of hydrogen-bond acceptors (Lipinski definition) is 3. The molecule has 0 aliphatic heterocycles. The molecule has 1 amide bonds. The Morgan fingerprint density at radius 2 is 1.73 bits per heavy atom. The maximum Gasteiger partial charge on any atom is 0.251 e. The van der Waals surface area contributed by atoms with Gasteiger partial charge in [-0.3, -0.25) is 9.79 Å². The molecule has 4 N–H and O–H groups in total. The van der Waals surface area contributed by atoms with Crippen LogP contribution >= 0.6 is 0 Å². The summed E-state index contributed by atoms with van der Waals surface area (Å²) in [6, 6.07) is 25.3. The van der Waals surface area contributed by atoms with Gasteiger partial charge in [0.1, 0.15) is 11.7 Å². The molecule has 1 atom stereocenters. The van der Waals surface area contributed by atoms with Crippen LogP contribution in [0.25, 0.3) is 22.2 Å². The van der Waals surface area contributed by atoms with Crippen LogP contribution in [0.2, 0.25) is 0 Å². The number of H-pyrrole nitrogens is 1. The quantitative estimate of drug-likeness (QED) is 0.195. The van der Waals surface area contributed by atoms with Gasteiger partial charge in [0, 0.05) is 12.1 Å². The molecule has 4 aromatic rings. The van der Waals surface area contributed by atoms with Crippen LogP contribution in [0.15, 0.2) is 96.5 Å². The van der Waals surface area contributed by atoms with Crippen molar-refractivity contribution in [2.24, 2.45) is 10.7 Å². The Balaban J connectivity index is 1.51. The molecular formula is C27H27N5O. The molecule has 0 bridgehead atoms. The van der Waals surface area contributed by atoms with Crippen LogP contribution in [0.3, 0.4) is 0 Å². The SMILES string of the molecule is C=CC(N)=NCCCC(NC(=O)c1ccc(-c2ccccc2)cc1)c1nc2ccccc2[nH]1. The molecule has 166 valence electrons. The van der Waals surface area contributed by atoms with E-state index < -0.39 is 0 Å². The minimum Gasteiger partial charge on any atom is -0.384 e. The molecule has 1 heterocycles. The van der Waals surface area contributed by atoms with E-state index in [-0.39, 0.29) is 11.9 Å². The number of benzene rings is 3. The van der Waals surface area contributed by atoms with E-state index in [1.54, 1.807) is 0 Å². The second-order valence-corrected chi connectivity index (χ2v) is 7.76. The lowest BCUT2D eigenvalue weighted by molar-refractivity contribution is 0.0932. The topological polar surface area (TPSA) is 96.2 Å². The van der Waals surface area contributed by atoms with E-state index in [0.717, 1.165) is 34.4 Å². The monoisotopic (exact) mass is 437 g/mol. The molecule has 1 unspecified atom stereocenters. The van der Waals surface area contributed by atoms with Crippen molar-refractivity contribution in [3.63, 3.8) is 0 Å². The van der Waals surface area contributed by atoms with Gasteiger partial charge in [-0.25, -0.2) is 4.98 Å². The normalized spacial score (nSPS) is 12.4. The first-order valence-electron chi connectivity index (χ1n) is 11.0. The van der Waals surface area contributed by atoms with Crippen LogP contribution in [0, 0.1) is 0 Å². The molecule has 33 heavy (non-hydrogen) atoms. The van der Waals surface area contributed by atoms with Gasteiger partial charge in [-0.15, -0.1) is 0 Å². The third-order valence-electron chi connectivity index (χ3n) is 5.45. The minimum atomic E-state index is -0.279. The number of imidazole rings is 1. The highest BCUT2D eigenvalue weighted by molar-refractivity contribution is 5.95. The summed E-state index contributed by atoms with van der Waals surface area (Å²) in [6.45, 7) is 4.17. The lowest BCUT2D eigenvalue weighted by Crippen LogP contribution is -2.29. The lowest BCUT2D eigenvalue weighted by Gasteiger charge is -2.17. The van der Waals surface area contributed by atoms with Gasteiger partial charge < -0.3 is 16.0 Å². The second-order valence-electron chi connectivity index (χ2n) is 7.76. The fourth-order valence-corrected chi connectivity index (χ4v) is 3.67. The number of aromatic nitrogens is 2. The van der Waals surface area contributed by atoms with E-state index in [1.165, 1.54) is 6.08 Å². The predicted molar refractivity (Wildman–Crippen MR) is 134 cm³/mol. The van der Waals surface area contributed by atoms with Crippen LogP contribution in [-0.4, -0.2) is 28.3 Å². The minimum absolute atomic E-state index is 0.144. The molecule has 0 saturated carbocycles. The Morgan fingerprint density at radius 1 is 1.03 bits per heavy atom. The standard InChI is InChI=1S/C27H27N5O/c1-2-25(28)29-18-8-13-24(26-30-22-11-6-7-12-23(22)31-26)32-27(33)21-16-14-20(15-17-21)19-9-4-3-5-10-19/h2-7,9-12,14-17,24H,1,8,13,18H2,(H2,28,29)(H,30,31)(H,32,33). The zero-order chi connectivity index (χ0) is 23.0. The van der Waals surface area contributed by atoms with Crippen LogP contribution in [0.5, 0.6) is 0 Å². The van der Waals surface area contributed by atoms with Gasteiger partial charge in [-0.2, -0.15) is 0 Å². The summed E-state index contributed by atoms with van der Waals surface area (Å²) in [5.74, 6) is 0.998. The first kappa shape index (κ1) is 22.0. The fourth-order valence-electron chi connectivity index (χ4n) is 3.67. The molecule has 0 aliphatic carbocycles. The number of rotatable bonds is 9.